The van der Waals surface area contributed by atoms with Crippen LogP contribution in [0, 0.1) is 0 Å². The lowest BCUT2D eigenvalue weighted by molar-refractivity contribution is -0.274. The highest BCUT2D eigenvalue weighted by Crippen LogP contribution is 2.32. The topological polar surface area (TPSA) is 38.8 Å². The van der Waals surface area contributed by atoms with Crippen molar-refractivity contribution in [2.24, 2.45) is 0 Å². The molecule has 0 fully saturated rings. The normalized spacial score (nSPS) is 14.3. The second-order valence-electron chi connectivity index (χ2n) is 7.55. The molecule has 0 saturated carbocycles. The molecule has 4 rings (SSSR count). The molecule has 1 amide bonds. The van der Waals surface area contributed by atoms with E-state index in [0.29, 0.717) is 22.4 Å². The fraction of sp³-hybridized carbons (Fsp3) is 0.208. The summed E-state index contributed by atoms with van der Waals surface area (Å²) in [6.45, 7) is 0.517. The van der Waals surface area contributed by atoms with E-state index in [1.165, 1.54) is 41.3 Å². The van der Waals surface area contributed by atoms with Gasteiger partial charge in [0.05, 0.1) is 17.7 Å². The molecule has 0 aromatic heterocycles. The lowest BCUT2D eigenvalue weighted by Gasteiger charge is -2.20. The summed E-state index contributed by atoms with van der Waals surface area (Å²) in [6.07, 6.45) is -9.25. The zero-order valence-corrected chi connectivity index (χ0v) is 17.4. The Hall–Kier alpha value is -3.69. The van der Waals surface area contributed by atoms with E-state index < -0.39 is 18.1 Å². The van der Waals surface area contributed by atoms with Crippen LogP contribution in [-0.2, 0) is 12.7 Å². The molecule has 0 atom stereocenters. The third-order valence-electron chi connectivity index (χ3n) is 5.19. The van der Waals surface area contributed by atoms with E-state index in [4.69, 9.17) is 4.74 Å². The van der Waals surface area contributed by atoms with E-state index in [0.717, 1.165) is 12.1 Å². The number of amides is 1. The van der Waals surface area contributed by atoms with Crippen molar-refractivity contribution in [3.8, 4) is 22.6 Å². The van der Waals surface area contributed by atoms with Gasteiger partial charge in [-0.1, -0.05) is 30.3 Å². The molecule has 3 aromatic carbocycles. The van der Waals surface area contributed by atoms with Crippen LogP contribution in [0.3, 0.4) is 0 Å². The van der Waals surface area contributed by atoms with Crippen molar-refractivity contribution in [1.82, 2.24) is 4.90 Å². The van der Waals surface area contributed by atoms with E-state index in [9.17, 15) is 31.1 Å². The summed E-state index contributed by atoms with van der Waals surface area (Å²) in [5.74, 6) is -0.389. The number of benzene rings is 3. The standard InChI is InChI=1S/C24H17F6NO3/c25-23(26,27)18-6-1-15(2-7-18)14-31-11-12-33-21-10-5-17(13-20(21)22(31)32)16-3-8-19(9-4-16)34-24(28,29)30/h1-10,13H,11-12,14H2. The molecular weight excluding hydrogens is 464 g/mol. The molecule has 0 radical (unpaired) electrons. The molecule has 0 N–H and O–H groups in total. The Morgan fingerprint density at radius 3 is 2.12 bits per heavy atom. The first-order valence-corrected chi connectivity index (χ1v) is 10.1. The van der Waals surface area contributed by atoms with Crippen LogP contribution in [0.1, 0.15) is 21.5 Å². The van der Waals surface area contributed by atoms with E-state index >= 15 is 0 Å². The number of fused-ring (bicyclic) bond motifs is 1. The number of ether oxygens (including phenoxy) is 2. The summed E-state index contributed by atoms with van der Waals surface area (Å²) < 4.78 is 85.0. The van der Waals surface area contributed by atoms with Crippen molar-refractivity contribution in [1.29, 1.82) is 0 Å². The molecule has 0 bridgehead atoms. The first kappa shape index (κ1) is 23.5. The van der Waals surface area contributed by atoms with Gasteiger partial charge in [-0.25, -0.2) is 0 Å². The second-order valence-corrected chi connectivity index (χ2v) is 7.55. The van der Waals surface area contributed by atoms with Crippen molar-refractivity contribution >= 4 is 5.91 Å². The molecule has 10 heteroatoms. The third kappa shape index (κ3) is 5.44. The summed E-state index contributed by atoms with van der Waals surface area (Å²) in [5, 5.41) is 0. The highest BCUT2D eigenvalue weighted by Gasteiger charge is 2.31. The number of rotatable bonds is 4. The van der Waals surface area contributed by atoms with Crippen LogP contribution in [0.25, 0.3) is 11.1 Å². The lowest BCUT2D eigenvalue weighted by Crippen LogP contribution is -2.31. The molecule has 1 heterocycles. The van der Waals surface area contributed by atoms with Crippen LogP contribution in [0.15, 0.2) is 66.7 Å². The van der Waals surface area contributed by atoms with Crippen LogP contribution in [0.4, 0.5) is 26.3 Å². The maximum absolute atomic E-state index is 13.2. The number of carbonyl (C=O) groups excluding carboxylic acids is 1. The van der Waals surface area contributed by atoms with Gasteiger partial charge in [0.15, 0.2) is 0 Å². The fourth-order valence-electron chi connectivity index (χ4n) is 3.56. The Bertz CT molecular complexity index is 1170. The smallest absolute Gasteiger partial charge is 0.491 e. The Morgan fingerprint density at radius 2 is 1.50 bits per heavy atom. The monoisotopic (exact) mass is 481 g/mol. The fourth-order valence-corrected chi connectivity index (χ4v) is 3.56. The van der Waals surface area contributed by atoms with Crippen LogP contribution in [0.2, 0.25) is 0 Å². The van der Waals surface area contributed by atoms with E-state index in [-0.39, 0.29) is 36.9 Å². The first-order chi connectivity index (χ1) is 16.0. The average molecular weight is 481 g/mol. The van der Waals surface area contributed by atoms with Crippen molar-refractivity contribution in [2.75, 3.05) is 13.2 Å². The number of hydrogen-bond acceptors (Lipinski definition) is 3. The molecule has 0 unspecified atom stereocenters. The van der Waals surface area contributed by atoms with Gasteiger partial charge in [0.25, 0.3) is 5.91 Å². The van der Waals surface area contributed by atoms with Gasteiger partial charge in [-0.3, -0.25) is 4.79 Å². The number of carbonyl (C=O) groups is 1. The average Bonchev–Trinajstić information content (AvgIpc) is 2.92. The largest absolute Gasteiger partial charge is 0.573 e. The maximum atomic E-state index is 13.2. The van der Waals surface area contributed by atoms with Gasteiger partial charge < -0.3 is 14.4 Å². The summed E-state index contributed by atoms with van der Waals surface area (Å²) in [5.41, 5.74) is 1.14. The molecule has 0 saturated heterocycles. The zero-order valence-electron chi connectivity index (χ0n) is 17.4. The van der Waals surface area contributed by atoms with Crippen LogP contribution < -0.4 is 9.47 Å². The predicted molar refractivity (Wildman–Crippen MR) is 110 cm³/mol. The Morgan fingerprint density at radius 1 is 0.853 bits per heavy atom. The Labute approximate surface area is 190 Å². The molecular formula is C24H17F6NO3. The van der Waals surface area contributed by atoms with Crippen molar-refractivity contribution in [3.63, 3.8) is 0 Å². The van der Waals surface area contributed by atoms with E-state index in [1.54, 1.807) is 18.2 Å². The molecule has 1 aliphatic rings. The van der Waals surface area contributed by atoms with Gasteiger partial charge in [-0.15, -0.1) is 13.2 Å². The Balaban J connectivity index is 1.55. The number of hydrogen-bond donors (Lipinski definition) is 0. The van der Waals surface area contributed by atoms with Gasteiger partial charge in [-0.05, 0) is 53.1 Å². The van der Waals surface area contributed by atoms with Gasteiger partial charge in [0.2, 0.25) is 0 Å². The number of halogens is 6. The number of nitrogens with zero attached hydrogens (tertiary/aromatic N) is 1. The second kappa shape index (κ2) is 8.92. The molecule has 0 aliphatic carbocycles. The SMILES string of the molecule is O=C1c2cc(-c3ccc(OC(F)(F)F)cc3)ccc2OCCN1Cc1ccc(C(F)(F)F)cc1. The lowest BCUT2D eigenvalue weighted by atomic mass is 10.0. The molecule has 0 spiro atoms. The maximum Gasteiger partial charge on any atom is 0.573 e. The molecule has 178 valence electrons. The highest BCUT2D eigenvalue weighted by molar-refractivity contribution is 5.98. The molecule has 1 aliphatic heterocycles. The minimum atomic E-state index is -4.80. The highest BCUT2D eigenvalue weighted by atomic mass is 19.4. The minimum Gasteiger partial charge on any atom is -0.491 e. The summed E-state index contributed by atoms with van der Waals surface area (Å²) in [6, 6.07) is 14.6. The van der Waals surface area contributed by atoms with Crippen LogP contribution in [-0.4, -0.2) is 30.3 Å². The Kier molecular flexibility index (Phi) is 6.16. The summed E-state index contributed by atoms with van der Waals surface area (Å²) in [4.78, 5) is 14.7. The molecule has 34 heavy (non-hydrogen) atoms. The van der Waals surface area contributed by atoms with Gasteiger partial charge in [0, 0.05) is 6.54 Å². The van der Waals surface area contributed by atoms with E-state index in [2.05, 4.69) is 4.74 Å². The zero-order chi connectivity index (χ0) is 24.5. The van der Waals surface area contributed by atoms with Crippen LogP contribution >= 0.6 is 0 Å². The quantitative estimate of drug-likeness (QED) is 0.410. The van der Waals surface area contributed by atoms with Gasteiger partial charge in [0.1, 0.15) is 18.1 Å². The van der Waals surface area contributed by atoms with Gasteiger partial charge >= 0.3 is 12.5 Å². The number of alkyl halides is 6. The van der Waals surface area contributed by atoms with Crippen molar-refractivity contribution in [2.45, 2.75) is 19.1 Å². The summed E-state index contributed by atoms with van der Waals surface area (Å²) >= 11 is 0. The van der Waals surface area contributed by atoms with E-state index in [1.807, 2.05) is 0 Å². The predicted octanol–water partition coefficient (Wildman–Crippen LogP) is 6.31. The molecule has 4 nitrogen and oxygen atoms in total. The minimum absolute atomic E-state index is 0.0908. The van der Waals surface area contributed by atoms with Crippen molar-refractivity contribution < 1.29 is 40.6 Å². The van der Waals surface area contributed by atoms with Crippen molar-refractivity contribution in [3.05, 3.63) is 83.4 Å². The third-order valence-corrected chi connectivity index (χ3v) is 5.19. The molecule has 3 aromatic rings. The first-order valence-electron chi connectivity index (χ1n) is 10.1. The summed E-state index contributed by atoms with van der Waals surface area (Å²) in [7, 11) is 0. The van der Waals surface area contributed by atoms with Crippen LogP contribution in [0.5, 0.6) is 11.5 Å². The van der Waals surface area contributed by atoms with Gasteiger partial charge in [-0.2, -0.15) is 13.2 Å².